The maximum Gasteiger partial charge on any atom is 0.262 e. The van der Waals surface area contributed by atoms with Crippen LogP contribution in [0.1, 0.15) is 0 Å². The number of benzene rings is 2. The van der Waals surface area contributed by atoms with Gasteiger partial charge in [0, 0.05) is 4.90 Å². The van der Waals surface area contributed by atoms with Gasteiger partial charge >= 0.3 is 0 Å². The first-order chi connectivity index (χ1) is 9.70. The van der Waals surface area contributed by atoms with Gasteiger partial charge < -0.3 is 14.8 Å². The molecule has 2 aromatic carbocycles. The summed E-state index contributed by atoms with van der Waals surface area (Å²) in [6, 6.07) is 14.4. The summed E-state index contributed by atoms with van der Waals surface area (Å²) in [7, 11) is 1.55. The first kappa shape index (κ1) is 14.3. The molecule has 5 heteroatoms. The van der Waals surface area contributed by atoms with Crippen molar-refractivity contribution in [1.82, 2.24) is 0 Å². The average molecular weight is 289 g/mol. The molecule has 0 aromatic heterocycles. The van der Waals surface area contributed by atoms with E-state index in [-0.39, 0.29) is 12.5 Å². The summed E-state index contributed by atoms with van der Waals surface area (Å²) >= 11 is 4.27. The fourth-order valence-electron chi connectivity index (χ4n) is 1.65. The molecule has 2 aromatic rings. The topological polar surface area (TPSA) is 47.6 Å². The molecule has 0 spiro atoms. The third kappa shape index (κ3) is 3.68. The van der Waals surface area contributed by atoms with Crippen molar-refractivity contribution in [3.63, 3.8) is 0 Å². The van der Waals surface area contributed by atoms with Gasteiger partial charge in [-0.1, -0.05) is 24.3 Å². The van der Waals surface area contributed by atoms with Gasteiger partial charge in [0.25, 0.3) is 5.91 Å². The number of ether oxygens (including phenoxy) is 2. The minimum Gasteiger partial charge on any atom is -0.493 e. The molecule has 0 saturated heterocycles. The molecule has 0 aliphatic rings. The Morgan fingerprint density at radius 2 is 1.75 bits per heavy atom. The normalized spacial score (nSPS) is 9.90. The van der Waals surface area contributed by atoms with Crippen LogP contribution in [0.2, 0.25) is 0 Å². The maximum absolute atomic E-state index is 11.8. The zero-order valence-corrected chi connectivity index (χ0v) is 11.9. The highest BCUT2D eigenvalue weighted by molar-refractivity contribution is 7.80. The van der Waals surface area contributed by atoms with Crippen LogP contribution in [0.5, 0.6) is 11.5 Å². The third-order valence-corrected chi connectivity index (χ3v) is 3.00. The number of hydrogen-bond donors (Lipinski definition) is 2. The molecule has 1 N–H and O–H groups in total. The van der Waals surface area contributed by atoms with Gasteiger partial charge in [0.1, 0.15) is 0 Å². The lowest BCUT2D eigenvalue weighted by Crippen LogP contribution is -2.20. The molecule has 0 aliphatic carbocycles. The maximum atomic E-state index is 11.8. The van der Waals surface area contributed by atoms with E-state index < -0.39 is 0 Å². The van der Waals surface area contributed by atoms with Crippen LogP contribution in [-0.4, -0.2) is 19.6 Å². The van der Waals surface area contributed by atoms with Crippen molar-refractivity contribution in [2.45, 2.75) is 4.90 Å². The van der Waals surface area contributed by atoms with E-state index in [0.717, 1.165) is 0 Å². The van der Waals surface area contributed by atoms with E-state index >= 15 is 0 Å². The van der Waals surface area contributed by atoms with Crippen LogP contribution in [0, 0.1) is 0 Å². The molecule has 1 amide bonds. The smallest absolute Gasteiger partial charge is 0.262 e. The Bertz CT molecular complexity index is 601. The Balaban J connectivity index is 1.94. The van der Waals surface area contributed by atoms with Crippen LogP contribution in [0.15, 0.2) is 53.4 Å². The Morgan fingerprint density at radius 3 is 2.45 bits per heavy atom. The lowest BCUT2D eigenvalue weighted by Gasteiger charge is -2.11. The number of nitrogens with one attached hydrogen (secondary N) is 1. The lowest BCUT2D eigenvalue weighted by molar-refractivity contribution is -0.118. The number of thiol groups is 1. The van der Waals surface area contributed by atoms with Gasteiger partial charge in [-0.3, -0.25) is 4.79 Å². The Labute approximate surface area is 123 Å². The van der Waals surface area contributed by atoms with E-state index in [0.29, 0.717) is 22.1 Å². The van der Waals surface area contributed by atoms with E-state index in [4.69, 9.17) is 9.47 Å². The zero-order valence-electron chi connectivity index (χ0n) is 11.0. The summed E-state index contributed by atoms with van der Waals surface area (Å²) in [5, 5.41) is 2.74. The second-order valence-corrected chi connectivity index (χ2v) is 4.49. The minimum atomic E-state index is -0.252. The number of carbonyl (C=O) groups excluding carboxylic acids is 1. The second kappa shape index (κ2) is 6.86. The number of rotatable bonds is 5. The van der Waals surface area contributed by atoms with Gasteiger partial charge in [0.2, 0.25) is 0 Å². The standard InChI is InChI=1S/C15H15NO3S/c1-18-12-7-3-4-8-13(12)19-10-15(17)16-11-6-2-5-9-14(11)20/h2-9,20H,10H2,1H3,(H,16,17). The molecule has 0 aliphatic heterocycles. The van der Waals surface area contributed by atoms with E-state index in [2.05, 4.69) is 17.9 Å². The number of carbonyl (C=O) groups is 1. The molecular weight excluding hydrogens is 274 g/mol. The van der Waals surface area contributed by atoms with Crippen molar-refractivity contribution in [3.8, 4) is 11.5 Å². The first-order valence-electron chi connectivity index (χ1n) is 6.04. The Hall–Kier alpha value is -2.14. The first-order valence-corrected chi connectivity index (χ1v) is 6.49. The number of anilines is 1. The number of para-hydroxylation sites is 3. The summed E-state index contributed by atoms with van der Waals surface area (Å²) in [6.45, 7) is -0.0948. The van der Waals surface area contributed by atoms with E-state index in [1.165, 1.54) is 0 Å². The molecule has 0 fully saturated rings. The number of hydrogen-bond acceptors (Lipinski definition) is 4. The van der Waals surface area contributed by atoms with Crippen LogP contribution in [0.3, 0.4) is 0 Å². The SMILES string of the molecule is COc1ccccc1OCC(=O)Nc1ccccc1S. The van der Waals surface area contributed by atoms with Crippen molar-refractivity contribution in [2.24, 2.45) is 0 Å². The average Bonchev–Trinajstić information content (AvgIpc) is 2.48. The molecule has 2 rings (SSSR count). The van der Waals surface area contributed by atoms with Crippen molar-refractivity contribution in [3.05, 3.63) is 48.5 Å². The molecule has 20 heavy (non-hydrogen) atoms. The predicted octanol–water partition coefficient (Wildman–Crippen LogP) is 3.00. The Morgan fingerprint density at radius 1 is 1.10 bits per heavy atom. The monoisotopic (exact) mass is 289 g/mol. The predicted molar refractivity (Wildman–Crippen MR) is 80.8 cm³/mol. The number of methoxy groups -OCH3 is 1. The Kier molecular flexibility index (Phi) is 4.90. The molecule has 0 bridgehead atoms. The highest BCUT2D eigenvalue weighted by atomic mass is 32.1. The largest absolute Gasteiger partial charge is 0.493 e. The van der Waals surface area contributed by atoms with Crippen LogP contribution in [-0.2, 0) is 4.79 Å². The summed E-state index contributed by atoms with van der Waals surface area (Å²) in [5.74, 6) is 0.872. The molecular formula is C15H15NO3S. The quantitative estimate of drug-likeness (QED) is 0.832. The molecule has 0 heterocycles. The molecule has 4 nitrogen and oxygen atoms in total. The highest BCUT2D eigenvalue weighted by Crippen LogP contribution is 2.25. The van der Waals surface area contributed by atoms with Crippen molar-refractivity contribution in [1.29, 1.82) is 0 Å². The summed E-state index contributed by atoms with van der Waals surface area (Å²) in [6.07, 6.45) is 0. The lowest BCUT2D eigenvalue weighted by atomic mass is 10.3. The fourth-order valence-corrected chi connectivity index (χ4v) is 1.86. The molecule has 0 radical (unpaired) electrons. The molecule has 0 saturated carbocycles. The molecule has 0 atom stereocenters. The van der Waals surface area contributed by atoms with Crippen LogP contribution < -0.4 is 14.8 Å². The van der Waals surface area contributed by atoms with Crippen molar-refractivity contribution < 1.29 is 14.3 Å². The third-order valence-electron chi connectivity index (χ3n) is 2.61. The minimum absolute atomic E-state index is 0.0948. The number of amides is 1. The molecule has 0 unspecified atom stereocenters. The fraction of sp³-hybridized carbons (Fsp3) is 0.133. The van der Waals surface area contributed by atoms with Gasteiger partial charge in [0.15, 0.2) is 18.1 Å². The van der Waals surface area contributed by atoms with Gasteiger partial charge in [-0.05, 0) is 24.3 Å². The van der Waals surface area contributed by atoms with E-state index in [1.807, 2.05) is 24.3 Å². The van der Waals surface area contributed by atoms with Gasteiger partial charge in [-0.15, -0.1) is 12.6 Å². The van der Waals surface area contributed by atoms with Gasteiger partial charge in [0.05, 0.1) is 12.8 Å². The van der Waals surface area contributed by atoms with Crippen LogP contribution in [0.4, 0.5) is 5.69 Å². The van der Waals surface area contributed by atoms with E-state index in [9.17, 15) is 4.79 Å². The highest BCUT2D eigenvalue weighted by Gasteiger charge is 2.08. The summed E-state index contributed by atoms with van der Waals surface area (Å²) < 4.78 is 10.6. The summed E-state index contributed by atoms with van der Waals surface area (Å²) in [4.78, 5) is 12.5. The summed E-state index contributed by atoms with van der Waals surface area (Å²) in [5.41, 5.74) is 0.657. The molecule has 104 valence electrons. The zero-order chi connectivity index (χ0) is 14.4. The van der Waals surface area contributed by atoms with Gasteiger partial charge in [-0.2, -0.15) is 0 Å². The van der Waals surface area contributed by atoms with Crippen LogP contribution in [0.25, 0.3) is 0 Å². The van der Waals surface area contributed by atoms with E-state index in [1.54, 1.807) is 31.4 Å². The van der Waals surface area contributed by atoms with Gasteiger partial charge in [-0.25, -0.2) is 0 Å². The second-order valence-electron chi connectivity index (χ2n) is 4.00. The van der Waals surface area contributed by atoms with Crippen molar-refractivity contribution in [2.75, 3.05) is 19.0 Å². The van der Waals surface area contributed by atoms with Crippen LogP contribution >= 0.6 is 12.6 Å². The van der Waals surface area contributed by atoms with Crippen molar-refractivity contribution >= 4 is 24.2 Å².